The van der Waals surface area contributed by atoms with Crippen molar-refractivity contribution in [2.24, 2.45) is 11.5 Å². The van der Waals surface area contributed by atoms with E-state index in [0.29, 0.717) is 6.42 Å². The first-order chi connectivity index (χ1) is 9.91. The molecule has 5 nitrogen and oxygen atoms in total. The van der Waals surface area contributed by atoms with E-state index >= 15 is 0 Å². The number of benzene rings is 1. The molecule has 0 spiro atoms. The lowest BCUT2D eigenvalue weighted by Gasteiger charge is -2.37. The molecule has 1 unspecified atom stereocenters. The average Bonchev–Trinajstić information content (AvgIpc) is 2.44. The third-order valence-electron chi connectivity index (χ3n) is 4.05. The van der Waals surface area contributed by atoms with Crippen LogP contribution in [0.1, 0.15) is 25.8 Å². The highest BCUT2D eigenvalue weighted by Crippen LogP contribution is 2.23. The zero-order valence-corrected chi connectivity index (χ0v) is 12.8. The largest absolute Gasteiger partial charge is 0.373 e. The van der Waals surface area contributed by atoms with Crippen LogP contribution in [0.3, 0.4) is 0 Å². The Morgan fingerprint density at radius 1 is 1.29 bits per heavy atom. The van der Waals surface area contributed by atoms with Gasteiger partial charge in [0.25, 0.3) is 0 Å². The second-order valence-electron chi connectivity index (χ2n) is 5.97. The van der Waals surface area contributed by atoms with Gasteiger partial charge in [0.2, 0.25) is 5.91 Å². The molecule has 0 aromatic heterocycles. The van der Waals surface area contributed by atoms with E-state index in [1.807, 2.05) is 30.3 Å². The van der Waals surface area contributed by atoms with E-state index in [4.69, 9.17) is 16.2 Å². The van der Waals surface area contributed by atoms with E-state index in [9.17, 15) is 4.79 Å². The summed E-state index contributed by atoms with van der Waals surface area (Å²) < 4.78 is 5.72. The SMILES string of the molecule is C[C@@H]1CN(CCC(N)(C(N)=O)c2ccccc2)C[C@H](C)O1. The molecule has 1 aromatic rings. The Labute approximate surface area is 126 Å². The smallest absolute Gasteiger partial charge is 0.242 e. The molecule has 4 N–H and O–H groups in total. The fourth-order valence-corrected chi connectivity index (χ4v) is 2.95. The van der Waals surface area contributed by atoms with Crippen molar-refractivity contribution in [3.8, 4) is 0 Å². The van der Waals surface area contributed by atoms with Crippen molar-refractivity contribution in [2.45, 2.75) is 38.0 Å². The predicted molar refractivity (Wildman–Crippen MR) is 82.6 cm³/mol. The summed E-state index contributed by atoms with van der Waals surface area (Å²) in [6.45, 7) is 6.56. The number of morpholine rings is 1. The highest BCUT2D eigenvalue weighted by atomic mass is 16.5. The minimum atomic E-state index is -1.12. The second-order valence-corrected chi connectivity index (χ2v) is 5.97. The lowest BCUT2D eigenvalue weighted by molar-refractivity contribution is -0.124. The van der Waals surface area contributed by atoms with Gasteiger partial charge in [0, 0.05) is 19.6 Å². The van der Waals surface area contributed by atoms with E-state index in [1.54, 1.807) is 0 Å². The number of carbonyl (C=O) groups excluding carboxylic acids is 1. The van der Waals surface area contributed by atoms with Crippen molar-refractivity contribution >= 4 is 5.91 Å². The van der Waals surface area contributed by atoms with Crippen molar-refractivity contribution in [3.63, 3.8) is 0 Å². The number of hydrogen-bond acceptors (Lipinski definition) is 4. The van der Waals surface area contributed by atoms with Crippen LogP contribution in [-0.4, -0.2) is 42.6 Å². The summed E-state index contributed by atoms with van der Waals surface area (Å²) in [6.07, 6.45) is 0.906. The average molecular weight is 291 g/mol. The van der Waals surface area contributed by atoms with Crippen molar-refractivity contribution in [3.05, 3.63) is 35.9 Å². The Morgan fingerprint density at radius 3 is 2.38 bits per heavy atom. The molecule has 116 valence electrons. The number of ether oxygens (including phenoxy) is 1. The molecule has 3 atom stereocenters. The van der Waals surface area contributed by atoms with Crippen LogP contribution in [-0.2, 0) is 15.1 Å². The molecule has 0 aliphatic carbocycles. The minimum absolute atomic E-state index is 0.200. The summed E-state index contributed by atoms with van der Waals surface area (Å²) >= 11 is 0. The number of carbonyl (C=O) groups is 1. The highest BCUT2D eigenvalue weighted by molar-refractivity contribution is 5.85. The van der Waals surface area contributed by atoms with E-state index in [2.05, 4.69) is 18.7 Å². The van der Waals surface area contributed by atoms with Gasteiger partial charge in [-0.2, -0.15) is 0 Å². The first-order valence-electron chi connectivity index (χ1n) is 7.44. The molecule has 1 saturated heterocycles. The van der Waals surface area contributed by atoms with Gasteiger partial charge in [-0.1, -0.05) is 30.3 Å². The molecule has 0 bridgehead atoms. The Hall–Kier alpha value is -1.43. The molecule has 1 aliphatic heterocycles. The van der Waals surface area contributed by atoms with Gasteiger partial charge in [-0.25, -0.2) is 0 Å². The minimum Gasteiger partial charge on any atom is -0.373 e. The zero-order valence-electron chi connectivity index (χ0n) is 12.8. The van der Waals surface area contributed by atoms with Gasteiger partial charge in [0.05, 0.1) is 12.2 Å². The molecular formula is C16H25N3O2. The molecule has 1 amide bonds. The van der Waals surface area contributed by atoms with Crippen LogP contribution < -0.4 is 11.5 Å². The van der Waals surface area contributed by atoms with Crippen molar-refractivity contribution in [1.29, 1.82) is 0 Å². The number of hydrogen-bond donors (Lipinski definition) is 2. The molecule has 0 saturated carbocycles. The summed E-state index contributed by atoms with van der Waals surface area (Å²) in [5.74, 6) is -0.483. The third-order valence-corrected chi connectivity index (χ3v) is 4.05. The van der Waals surface area contributed by atoms with Crippen molar-refractivity contribution in [1.82, 2.24) is 4.90 Å². The normalized spacial score (nSPS) is 26.2. The quantitative estimate of drug-likeness (QED) is 0.842. The topological polar surface area (TPSA) is 81.6 Å². The van der Waals surface area contributed by atoms with Gasteiger partial charge in [-0.3, -0.25) is 9.69 Å². The van der Waals surface area contributed by atoms with E-state index < -0.39 is 11.4 Å². The number of amides is 1. The lowest BCUT2D eigenvalue weighted by atomic mass is 9.86. The fraction of sp³-hybridized carbons (Fsp3) is 0.562. The van der Waals surface area contributed by atoms with Gasteiger partial charge in [0.1, 0.15) is 5.54 Å². The highest BCUT2D eigenvalue weighted by Gasteiger charge is 2.35. The molecule has 1 aromatic carbocycles. The van der Waals surface area contributed by atoms with Crippen LogP contribution in [0.5, 0.6) is 0 Å². The van der Waals surface area contributed by atoms with Gasteiger partial charge in [-0.15, -0.1) is 0 Å². The van der Waals surface area contributed by atoms with Crippen molar-refractivity contribution in [2.75, 3.05) is 19.6 Å². The van der Waals surface area contributed by atoms with Gasteiger partial charge >= 0.3 is 0 Å². The Bertz CT molecular complexity index is 470. The predicted octanol–water partition coefficient (Wildman–Crippen LogP) is 0.825. The summed E-state index contributed by atoms with van der Waals surface area (Å²) in [7, 11) is 0. The van der Waals surface area contributed by atoms with Gasteiger partial charge in [-0.05, 0) is 25.8 Å². The lowest BCUT2D eigenvalue weighted by Crippen LogP contribution is -2.53. The van der Waals surface area contributed by atoms with Crippen LogP contribution in [0.2, 0.25) is 0 Å². The molecule has 2 rings (SSSR count). The summed E-state index contributed by atoms with van der Waals surface area (Å²) in [4.78, 5) is 14.2. The molecule has 21 heavy (non-hydrogen) atoms. The number of primary amides is 1. The number of nitrogens with two attached hydrogens (primary N) is 2. The maximum absolute atomic E-state index is 11.9. The first-order valence-corrected chi connectivity index (χ1v) is 7.44. The summed E-state index contributed by atoms with van der Waals surface area (Å²) in [5, 5.41) is 0. The molecule has 0 radical (unpaired) electrons. The molecular weight excluding hydrogens is 266 g/mol. The first kappa shape index (κ1) is 15.9. The molecule has 5 heteroatoms. The van der Waals surface area contributed by atoms with Crippen LogP contribution in [0.4, 0.5) is 0 Å². The van der Waals surface area contributed by atoms with Crippen LogP contribution in [0, 0.1) is 0 Å². The number of nitrogens with zero attached hydrogens (tertiary/aromatic N) is 1. The van der Waals surface area contributed by atoms with Gasteiger partial charge in [0.15, 0.2) is 0 Å². The van der Waals surface area contributed by atoms with E-state index in [0.717, 1.165) is 25.2 Å². The maximum atomic E-state index is 11.9. The van der Waals surface area contributed by atoms with Crippen LogP contribution in [0.25, 0.3) is 0 Å². The Kier molecular flexibility index (Phi) is 4.98. The zero-order chi connectivity index (χ0) is 15.5. The number of rotatable bonds is 5. The summed E-state index contributed by atoms with van der Waals surface area (Å²) in [5.41, 5.74) is 11.5. The van der Waals surface area contributed by atoms with Crippen molar-refractivity contribution < 1.29 is 9.53 Å². The fourth-order valence-electron chi connectivity index (χ4n) is 2.95. The maximum Gasteiger partial charge on any atom is 0.242 e. The standard InChI is InChI=1S/C16H25N3O2/c1-12-10-19(11-13(2)21-12)9-8-16(18,15(17)20)14-6-4-3-5-7-14/h3-7,12-13H,8-11,18H2,1-2H3,(H2,17,20)/t12-,13+,16?. The molecule has 1 heterocycles. The monoisotopic (exact) mass is 291 g/mol. The molecule has 1 aliphatic rings. The second kappa shape index (κ2) is 6.56. The Balaban J connectivity index is 2.06. The Morgan fingerprint density at radius 2 is 1.86 bits per heavy atom. The molecule has 1 fully saturated rings. The van der Waals surface area contributed by atoms with Crippen LogP contribution >= 0.6 is 0 Å². The summed E-state index contributed by atoms with van der Waals surface area (Å²) in [6, 6.07) is 9.36. The van der Waals surface area contributed by atoms with Crippen LogP contribution in [0.15, 0.2) is 30.3 Å². The van der Waals surface area contributed by atoms with Gasteiger partial charge < -0.3 is 16.2 Å². The third kappa shape index (κ3) is 3.81. The van der Waals surface area contributed by atoms with E-state index in [1.165, 1.54) is 0 Å². The van der Waals surface area contributed by atoms with E-state index in [-0.39, 0.29) is 12.2 Å².